The Hall–Kier alpha value is -3.95. The summed E-state index contributed by atoms with van der Waals surface area (Å²) in [6, 6.07) is 12.7. The van der Waals surface area contributed by atoms with Crippen LogP contribution in [0.5, 0.6) is 0 Å². The first-order valence-electron chi connectivity index (χ1n) is 15.3. The molecule has 0 bridgehead atoms. The minimum atomic E-state index is -0.103. The first-order valence-corrected chi connectivity index (χ1v) is 16.2. The highest BCUT2D eigenvalue weighted by atomic mass is 32.1. The normalized spacial score (nSPS) is 16.7. The molecule has 1 aliphatic heterocycles. The van der Waals surface area contributed by atoms with E-state index in [2.05, 4.69) is 64.5 Å². The Morgan fingerprint density at radius 1 is 0.930 bits per heavy atom. The van der Waals surface area contributed by atoms with Crippen molar-refractivity contribution in [1.82, 2.24) is 29.4 Å². The number of nitrogens with zero attached hydrogens (tertiary/aromatic N) is 6. The Bertz CT molecular complexity index is 1780. The maximum Gasteiger partial charge on any atom is 0.260 e. The largest absolute Gasteiger partial charge is 0.324 e. The van der Waals surface area contributed by atoms with Crippen molar-refractivity contribution in [2.45, 2.75) is 63.8 Å². The Morgan fingerprint density at radius 2 is 1.72 bits per heavy atom. The van der Waals surface area contributed by atoms with Crippen LogP contribution in [0.1, 0.15) is 72.2 Å². The number of piperidine rings is 1. The van der Waals surface area contributed by atoms with Crippen LogP contribution in [-0.2, 0) is 6.54 Å². The fraction of sp³-hybridized carbons (Fsp3) is 0.382. The van der Waals surface area contributed by atoms with Gasteiger partial charge in [-0.15, -0.1) is 11.3 Å². The Kier molecular flexibility index (Phi) is 7.76. The van der Waals surface area contributed by atoms with E-state index in [4.69, 9.17) is 9.97 Å². The van der Waals surface area contributed by atoms with E-state index in [1.807, 2.05) is 17.6 Å². The van der Waals surface area contributed by atoms with Crippen LogP contribution in [0.15, 0.2) is 65.2 Å². The predicted molar refractivity (Wildman–Crippen MR) is 173 cm³/mol. The molecular weight excluding hydrogens is 554 g/mol. The monoisotopic (exact) mass is 591 g/mol. The summed E-state index contributed by atoms with van der Waals surface area (Å²) in [5.74, 6) is 1.59. The molecule has 1 N–H and O–H groups in total. The summed E-state index contributed by atoms with van der Waals surface area (Å²) in [7, 11) is 2.19. The molecule has 8 nitrogen and oxygen atoms in total. The fourth-order valence-electron chi connectivity index (χ4n) is 6.64. The van der Waals surface area contributed by atoms with Gasteiger partial charge in [0.2, 0.25) is 5.95 Å². The molecule has 1 aliphatic carbocycles. The van der Waals surface area contributed by atoms with Gasteiger partial charge in [-0.05, 0) is 94.1 Å². The molecule has 5 aromatic rings. The predicted octanol–water partition coefficient (Wildman–Crippen LogP) is 6.88. The minimum absolute atomic E-state index is 0.103. The summed E-state index contributed by atoms with van der Waals surface area (Å²) in [5.41, 5.74) is 6.45. The third-order valence-electron chi connectivity index (χ3n) is 9.16. The van der Waals surface area contributed by atoms with Crippen molar-refractivity contribution >= 4 is 34.0 Å². The van der Waals surface area contributed by atoms with Gasteiger partial charge in [0.15, 0.2) is 0 Å². The molecule has 0 spiro atoms. The van der Waals surface area contributed by atoms with E-state index in [0.29, 0.717) is 35.5 Å². The number of hydrogen-bond donors (Lipinski definition) is 1. The zero-order chi connectivity index (χ0) is 29.3. The molecule has 2 fully saturated rings. The van der Waals surface area contributed by atoms with E-state index in [0.717, 1.165) is 46.0 Å². The van der Waals surface area contributed by atoms with E-state index in [9.17, 15) is 4.79 Å². The van der Waals surface area contributed by atoms with Crippen molar-refractivity contribution in [3.05, 3.63) is 92.6 Å². The standard InChI is InChI=1S/C34H37N7OS/c1-22-17-30(25-5-3-4-6-25)36-20-29(22)28-18-26-19-37-34(39-32(26)41(33(28)42)21-31-35-13-16-43-31)38-27-9-7-23(8-10-27)24-11-14-40(2)15-12-24/h7-10,13,16-20,24-25H,3-6,11-12,14-15,21H2,1-2H3,(H,37,38,39). The van der Waals surface area contributed by atoms with Crippen LogP contribution in [0.2, 0.25) is 0 Å². The van der Waals surface area contributed by atoms with Gasteiger partial charge >= 0.3 is 0 Å². The number of thiazole rings is 1. The van der Waals surface area contributed by atoms with Crippen LogP contribution in [0.4, 0.5) is 11.6 Å². The number of aromatic nitrogens is 5. The quantitative estimate of drug-likeness (QED) is 0.221. The number of benzene rings is 1. The van der Waals surface area contributed by atoms with Gasteiger partial charge in [-0.1, -0.05) is 25.0 Å². The lowest BCUT2D eigenvalue weighted by Crippen LogP contribution is -2.29. The van der Waals surface area contributed by atoms with Crippen molar-refractivity contribution in [3.8, 4) is 11.1 Å². The van der Waals surface area contributed by atoms with Gasteiger partial charge in [0, 0.05) is 57.8 Å². The van der Waals surface area contributed by atoms with Crippen molar-refractivity contribution in [3.63, 3.8) is 0 Å². The molecule has 0 amide bonds. The van der Waals surface area contributed by atoms with Crippen molar-refractivity contribution in [2.75, 3.05) is 25.5 Å². The highest BCUT2D eigenvalue weighted by Gasteiger charge is 2.21. The van der Waals surface area contributed by atoms with Gasteiger partial charge in [0.05, 0.1) is 6.54 Å². The summed E-state index contributed by atoms with van der Waals surface area (Å²) in [5, 5.41) is 6.94. The minimum Gasteiger partial charge on any atom is -0.324 e. The zero-order valence-electron chi connectivity index (χ0n) is 24.8. The van der Waals surface area contributed by atoms with Crippen LogP contribution >= 0.6 is 11.3 Å². The number of likely N-dealkylation sites (tertiary alicyclic amines) is 1. The molecule has 9 heteroatoms. The zero-order valence-corrected chi connectivity index (χ0v) is 25.6. The van der Waals surface area contributed by atoms with Crippen LogP contribution < -0.4 is 10.9 Å². The SMILES string of the molecule is Cc1cc(C2CCCC2)ncc1-c1cc2cnc(Nc3ccc(C4CCN(C)CC4)cc3)nc2n(Cc2nccs2)c1=O. The van der Waals surface area contributed by atoms with Crippen LogP contribution in [0.25, 0.3) is 22.2 Å². The lowest BCUT2D eigenvalue weighted by Gasteiger charge is -2.29. The van der Waals surface area contributed by atoms with E-state index in [-0.39, 0.29) is 5.56 Å². The van der Waals surface area contributed by atoms with Crippen molar-refractivity contribution in [2.24, 2.45) is 0 Å². The molecule has 5 heterocycles. The van der Waals surface area contributed by atoms with E-state index < -0.39 is 0 Å². The number of anilines is 2. The molecular formula is C34H37N7OS. The number of aryl methyl sites for hydroxylation is 1. The Balaban J connectivity index is 1.22. The molecule has 43 heavy (non-hydrogen) atoms. The number of pyridine rings is 2. The molecule has 0 radical (unpaired) electrons. The van der Waals surface area contributed by atoms with Crippen LogP contribution in [-0.4, -0.2) is 49.5 Å². The molecule has 2 aliphatic rings. The van der Waals surface area contributed by atoms with Gasteiger partial charge in [0.25, 0.3) is 5.56 Å². The number of rotatable bonds is 7. The maximum atomic E-state index is 14.1. The second-order valence-corrected chi connectivity index (χ2v) is 13.1. The van der Waals surface area contributed by atoms with E-state index in [1.54, 1.807) is 17.0 Å². The first-order chi connectivity index (χ1) is 21.0. The highest BCUT2D eigenvalue weighted by molar-refractivity contribution is 7.09. The number of hydrogen-bond acceptors (Lipinski definition) is 8. The summed E-state index contributed by atoms with van der Waals surface area (Å²) in [6.45, 7) is 4.70. The lowest BCUT2D eigenvalue weighted by atomic mass is 9.89. The summed E-state index contributed by atoms with van der Waals surface area (Å²) < 4.78 is 1.73. The molecule has 7 rings (SSSR count). The van der Waals surface area contributed by atoms with Crippen LogP contribution in [0, 0.1) is 6.92 Å². The molecule has 220 valence electrons. The molecule has 4 aromatic heterocycles. The van der Waals surface area contributed by atoms with Gasteiger partial charge in [-0.2, -0.15) is 4.98 Å². The maximum absolute atomic E-state index is 14.1. The fourth-order valence-corrected chi connectivity index (χ4v) is 7.24. The van der Waals surface area contributed by atoms with Gasteiger partial charge in [-0.3, -0.25) is 14.3 Å². The second-order valence-electron chi connectivity index (χ2n) is 12.1. The average Bonchev–Trinajstić information content (AvgIpc) is 3.75. The first kappa shape index (κ1) is 27.9. The summed E-state index contributed by atoms with van der Waals surface area (Å²) in [6.07, 6.45) is 12.7. The highest BCUT2D eigenvalue weighted by Crippen LogP contribution is 2.35. The van der Waals surface area contributed by atoms with Gasteiger partial charge < -0.3 is 10.2 Å². The Labute approximate surface area is 255 Å². The second kappa shape index (κ2) is 12.0. The van der Waals surface area contributed by atoms with Crippen molar-refractivity contribution in [1.29, 1.82) is 0 Å². The number of nitrogens with one attached hydrogen (secondary N) is 1. The van der Waals surface area contributed by atoms with E-state index >= 15 is 0 Å². The smallest absolute Gasteiger partial charge is 0.260 e. The van der Waals surface area contributed by atoms with Gasteiger partial charge in [0.1, 0.15) is 10.7 Å². The van der Waals surface area contributed by atoms with Gasteiger partial charge in [-0.25, -0.2) is 9.97 Å². The average molecular weight is 592 g/mol. The third-order valence-corrected chi connectivity index (χ3v) is 9.92. The summed E-state index contributed by atoms with van der Waals surface area (Å²) >= 11 is 1.53. The van der Waals surface area contributed by atoms with Crippen LogP contribution in [0.3, 0.4) is 0 Å². The number of fused-ring (bicyclic) bond motifs is 1. The van der Waals surface area contributed by atoms with Crippen molar-refractivity contribution < 1.29 is 0 Å². The summed E-state index contributed by atoms with van der Waals surface area (Å²) in [4.78, 5) is 35.3. The molecule has 1 saturated heterocycles. The van der Waals surface area contributed by atoms with E-state index in [1.165, 1.54) is 55.4 Å². The molecule has 0 unspecified atom stereocenters. The molecule has 1 aromatic carbocycles. The topological polar surface area (TPSA) is 88.8 Å². The third kappa shape index (κ3) is 5.84. The Morgan fingerprint density at radius 3 is 2.44 bits per heavy atom. The molecule has 0 atom stereocenters. The molecule has 1 saturated carbocycles. The lowest BCUT2D eigenvalue weighted by molar-refractivity contribution is 0.255.